The summed E-state index contributed by atoms with van der Waals surface area (Å²) in [4.78, 5) is 16.6. The van der Waals surface area contributed by atoms with Gasteiger partial charge in [0, 0.05) is 14.0 Å². The van der Waals surface area contributed by atoms with Crippen LogP contribution in [0.25, 0.3) is 0 Å². The maximum atomic E-state index is 12.3. The summed E-state index contributed by atoms with van der Waals surface area (Å²) in [7, 11) is 0. The largest absolute Gasteiger partial charge is 0.298 e. The van der Waals surface area contributed by atoms with Crippen LogP contribution >= 0.6 is 57.1 Å². The molecular weight excluding hydrogens is 430 g/mol. The number of amides is 1. The van der Waals surface area contributed by atoms with E-state index in [4.69, 9.17) is 23.2 Å². The number of carbonyl (C=O) groups excluding carboxylic acids is 1. The van der Waals surface area contributed by atoms with Gasteiger partial charge in [-0.2, -0.15) is 0 Å². The molecule has 1 heterocycles. The van der Waals surface area contributed by atoms with Gasteiger partial charge in [-0.15, -0.1) is 11.3 Å². The Balaban J connectivity index is 2.23. The molecule has 7 heteroatoms. The first-order chi connectivity index (χ1) is 9.38. The van der Waals surface area contributed by atoms with Crippen LogP contribution in [-0.2, 0) is 0 Å². The molecule has 0 spiro atoms. The molecule has 2 rings (SSSR count). The summed E-state index contributed by atoms with van der Waals surface area (Å²) >= 11 is 15.4. The number of carbonyl (C=O) groups is 1. The second-order valence-corrected chi connectivity index (χ2v) is 7.22. The zero-order chi connectivity index (χ0) is 14.9. The number of thiazole rings is 1. The molecule has 20 heavy (non-hydrogen) atoms. The summed E-state index contributed by atoms with van der Waals surface area (Å²) in [6, 6.07) is 3.21. The Morgan fingerprint density at radius 3 is 2.70 bits per heavy atom. The minimum atomic E-state index is -0.261. The normalized spacial score (nSPS) is 10.9. The third-order valence-electron chi connectivity index (χ3n) is 2.57. The lowest BCUT2D eigenvalue weighted by molar-refractivity contribution is 0.102. The van der Waals surface area contributed by atoms with Gasteiger partial charge < -0.3 is 0 Å². The zero-order valence-electron chi connectivity index (χ0n) is 10.7. The molecule has 1 aromatic heterocycles. The fourth-order valence-corrected chi connectivity index (χ4v) is 3.41. The first-order valence-electron chi connectivity index (χ1n) is 5.79. The molecule has 106 valence electrons. The summed E-state index contributed by atoms with van der Waals surface area (Å²) in [5, 5.41) is 6.19. The van der Waals surface area contributed by atoms with Gasteiger partial charge in [0.15, 0.2) is 5.13 Å². The van der Waals surface area contributed by atoms with Gasteiger partial charge >= 0.3 is 0 Å². The monoisotopic (exact) mass is 440 g/mol. The van der Waals surface area contributed by atoms with Crippen LogP contribution < -0.4 is 5.32 Å². The van der Waals surface area contributed by atoms with E-state index in [-0.39, 0.29) is 5.91 Å². The van der Waals surface area contributed by atoms with Gasteiger partial charge in [-0.25, -0.2) is 4.98 Å². The molecule has 1 amide bonds. The van der Waals surface area contributed by atoms with E-state index in [2.05, 4.69) is 24.1 Å². The second kappa shape index (κ2) is 6.60. The average molecular weight is 441 g/mol. The number of halogens is 3. The SMILES string of the molecule is CC(C)c1csc(NC(=O)c2cc(Cl)cc(Cl)c2I)n1. The maximum absolute atomic E-state index is 12.3. The van der Waals surface area contributed by atoms with E-state index in [1.165, 1.54) is 11.3 Å². The van der Waals surface area contributed by atoms with E-state index in [1.54, 1.807) is 12.1 Å². The van der Waals surface area contributed by atoms with Gasteiger partial charge in [-0.1, -0.05) is 37.0 Å². The first kappa shape index (κ1) is 16.0. The number of rotatable bonds is 3. The molecular formula is C13H11Cl2IN2OS. The molecule has 0 atom stereocenters. The molecule has 0 aliphatic rings. The van der Waals surface area contributed by atoms with Crippen LogP contribution in [0.2, 0.25) is 10.0 Å². The highest BCUT2D eigenvalue weighted by Gasteiger charge is 2.16. The molecule has 0 fully saturated rings. The Hall–Kier alpha value is -0.370. The molecule has 0 bridgehead atoms. The summed E-state index contributed by atoms with van der Waals surface area (Å²) < 4.78 is 0.673. The third kappa shape index (κ3) is 3.63. The van der Waals surface area contributed by atoms with Gasteiger partial charge in [-0.05, 0) is 40.6 Å². The molecule has 0 unspecified atom stereocenters. The van der Waals surface area contributed by atoms with E-state index in [0.29, 0.717) is 30.2 Å². The Bertz CT molecular complexity index is 658. The molecule has 1 aromatic carbocycles. The number of nitrogens with zero attached hydrogens (tertiary/aromatic N) is 1. The van der Waals surface area contributed by atoms with Gasteiger partial charge in [0.1, 0.15) is 0 Å². The Labute approximate surface area is 144 Å². The summed E-state index contributed by atoms with van der Waals surface area (Å²) in [6.45, 7) is 4.11. The molecule has 0 aliphatic heterocycles. The number of benzene rings is 1. The van der Waals surface area contributed by atoms with Crippen molar-refractivity contribution in [2.24, 2.45) is 0 Å². The second-order valence-electron chi connectivity index (χ2n) is 4.44. The predicted molar refractivity (Wildman–Crippen MR) is 93.3 cm³/mol. The average Bonchev–Trinajstić information content (AvgIpc) is 2.82. The minimum absolute atomic E-state index is 0.261. The lowest BCUT2D eigenvalue weighted by Crippen LogP contribution is -2.13. The highest BCUT2D eigenvalue weighted by atomic mass is 127. The van der Waals surface area contributed by atoms with E-state index >= 15 is 0 Å². The Morgan fingerprint density at radius 1 is 1.40 bits per heavy atom. The maximum Gasteiger partial charge on any atom is 0.258 e. The van der Waals surface area contributed by atoms with Gasteiger partial charge in [0.05, 0.1) is 16.3 Å². The molecule has 1 N–H and O–H groups in total. The van der Waals surface area contributed by atoms with Crippen LogP contribution in [-0.4, -0.2) is 10.9 Å². The Kier molecular flexibility index (Phi) is 5.28. The van der Waals surface area contributed by atoms with Gasteiger partial charge in [0.2, 0.25) is 0 Å². The van der Waals surface area contributed by atoms with E-state index in [0.717, 1.165) is 5.69 Å². The van der Waals surface area contributed by atoms with Crippen LogP contribution in [0.4, 0.5) is 5.13 Å². The molecule has 3 nitrogen and oxygen atoms in total. The predicted octanol–water partition coefficient (Wildman–Crippen LogP) is 5.43. The lowest BCUT2D eigenvalue weighted by atomic mass is 10.2. The highest BCUT2D eigenvalue weighted by Crippen LogP contribution is 2.28. The van der Waals surface area contributed by atoms with E-state index < -0.39 is 0 Å². The first-order valence-corrected chi connectivity index (χ1v) is 8.51. The summed E-state index contributed by atoms with van der Waals surface area (Å²) in [6.07, 6.45) is 0. The molecule has 2 aromatic rings. The van der Waals surface area contributed by atoms with Crippen molar-refractivity contribution in [1.29, 1.82) is 0 Å². The summed E-state index contributed by atoms with van der Waals surface area (Å²) in [5.74, 6) is 0.0705. The number of aromatic nitrogens is 1. The molecule has 0 aliphatic carbocycles. The topological polar surface area (TPSA) is 42.0 Å². The molecule has 0 saturated heterocycles. The number of anilines is 1. The fourth-order valence-electron chi connectivity index (χ4n) is 1.49. The van der Waals surface area contributed by atoms with Crippen molar-refractivity contribution in [3.63, 3.8) is 0 Å². The van der Waals surface area contributed by atoms with Crippen molar-refractivity contribution in [1.82, 2.24) is 4.98 Å². The fraction of sp³-hybridized carbons (Fsp3) is 0.231. The van der Waals surface area contributed by atoms with Gasteiger partial charge in [0.25, 0.3) is 5.91 Å². The molecule has 0 radical (unpaired) electrons. The number of hydrogen-bond donors (Lipinski definition) is 1. The summed E-state index contributed by atoms with van der Waals surface area (Å²) in [5.41, 5.74) is 1.41. The quantitative estimate of drug-likeness (QED) is 0.510. The lowest BCUT2D eigenvalue weighted by Gasteiger charge is -2.07. The van der Waals surface area contributed by atoms with E-state index in [1.807, 2.05) is 28.0 Å². The van der Waals surface area contributed by atoms with Crippen LogP contribution in [0.15, 0.2) is 17.5 Å². The number of nitrogens with one attached hydrogen (secondary N) is 1. The van der Waals surface area contributed by atoms with Crippen molar-refractivity contribution in [3.8, 4) is 0 Å². The van der Waals surface area contributed by atoms with Crippen molar-refractivity contribution in [2.45, 2.75) is 19.8 Å². The van der Waals surface area contributed by atoms with Crippen LogP contribution in [0.5, 0.6) is 0 Å². The van der Waals surface area contributed by atoms with Crippen molar-refractivity contribution < 1.29 is 4.79 Å². The van der Waals surface area contributed by atoms with Crippen molar-refractivity contribution in [3.05, 3.63) is 42.4 Å². The smallest absolute Gasteiger partial charge is 0.258 e. The van der Waals surface area contributed by atoms with Crippen LogP contribution in [0.1, 0.15) is 35.8 Å². The van der Waals surface area contributed by atoms with Crippen LogP contribution in [0, 0.1) is 3.57 Å². The minimum Gasteiger partial charge on any atom is -0.298 e. The van der Waals surface area contributed by atoms with Gasteiger partial charge in [-0.3, -0.25) is 10.1 Å². The van der Waals surface area contributed by atoms with Crippen molar-refractivity contribution in [2.75, 3.05) is 5.32 Å². The molecule has 0 saturated carbocycles. The Morgan fingerprint density at radius 2 is 2.10 bits per heavy atom. The zero-order valence-corrected chi connectivity index (χ0v) is 15.2. The third-order valence-corrected chi connectivity index (χ3v) is 5.34. The van der Waals surface area contributed by atoms with Crippen molar-refractivity contribution >= 4 is 68.2 Å². The standard InChI is InChI=1S/C13H11Cl2IN2OS/c1-6(2)10-5-20-13(17-10)18-12(19)8-3-7(14)4-9(15)11(8)16/h3-6H,1-2H3,(H,17,18,19). The highest BCUT2D eigenvalue weighted by molar-refractivity contribution is 14.1. The van der Waals surface area contributed by atoms with E-state index in [9.17, 15) is 4.79 Å². The van der Waals surface area contributed by atoms with Crippen LogP contribution in [0.3, 0.4) is 0 Å². The number of hydrogen-bond acceptors (Lipinski definition) is 3.